The molecule has 1 amide bonds. The van der Waals surface area contributed by atoms with Gasteiger partial charge in [-0.1, -0.05) is 24.0 Å². The van der Waals surface area contributed by atoms with E-state index in [1.165, 1.54) is 16.7 Å². The van der Waals surface area contributed by atoms with Crippen LogP contribution in [0.4, 0.5) is 0 Å². The molecule has 0 unspecified atom stereocenters. The lowest BCUT2D eigenvalue weighted by Crippen LogP contribution is -2.29. The van der Waals surface area contributed by atoms with E-state index in [1.54, 1.807) is 18.2 Å². The minimum absolute atomic E-state index is 0.0151. The van der Waals surface area contributed by atoms with Crippen LogP contribution in [0.15, 0.2) is 26.1 Å². The minimum atomic E-state index is -0.883. The van der Waals surface area contributed by atoms with Gasteiger partial charge < -0.3 is 9.52 Å². The third-order valence-corrected chi connectivity index (χ3v) is 4.32. The molecule has 1 fully saturated rings. The normalized spacial score (nSPS) is 17.2. The Morgan fingerprint density at radius 2 is 2.30 bits per heavy atom. The molecular formula is C12H10BrNO4S2. The van der Waals surface area contributed by atoms with Crippen LogP contribution < -0.4 is 0 Å². The number of amides is 1. The van der Waals surface area contributed by atoms with Gasteiger partial charge in [0.1, 0.15) is 10.1 Å². The first-order valence-electron chi connectivity index (χ1n) is 5.70. The quantitative estimate of drug-likeness (QED) is 0.629. The van der Waals surface area contributed by atoms with E-state index >= 15 is 0 Å². The monoisotopic (exact) mass is 375 g/mol. The SMILES string of the molecule is O=C(O)CCCN1C(=O)/C(=C/c2ccc(Br)o2)SC1=S. The van der Waals surface area contributed by atoms with E-state index in [9.17, 15) is 9.59 Å². The molecule has 1 aromatic heterocycles. The Morgan fingerprint density at radius 1 is 1.55 bits per heavy atom. The molecule has 20 heavy (non-hydrogen) atoms. The summed E-state index contributed by atoms with van der Waals surface area (Å²) in [7, 11) is 0. The first-order chi connectivity index (χ1) is 9.47. The number of furan rings is 1. The topological polar surface area (TPSA) is 70.8 Å². The number of nitrogens with zero attached hydrogens (tertiary/aromatic N) is 1. The van der Waals surface area contributed by atoms with E-state index in [-0.39, 0.29) is 12.3 Å². The number of rotatable bonds is 5. The second-order valence-corrected chi connectivity index (χ2v) is 6.43. The number of halogens is 1. The van der Waals surface area contributed by atoms with Crippen molar-refractivity contribution in [2.75, 3.05) is 6.54 Å². The molecule has 0 radical (unpaired) electrons. The van der Waals surface area contributed by atoms with Crippen LogP contribution in [0.2, 0.25) is 0 Å². The molecule has 1 aliphatic heterocycles. The summed E-state index contributed by atoms with van der Waals surface area (Å²) >= 11 is 9.51. The van der Waals surface area contributed by atoms with Gasteiger partial charge in [-0.05, 0) is 34.5 Å². The zero-order valence-corrected chi connectivity index (χ0v) is 13.4. The first kappa shape index (κ1) is 15.3. The van der Waals surface area contributed by atoms with E-state index in [1.807, 2.05) is 0 Å². The van der Waals surface area contributed by atoms with Crippen molar-refractivity contribution in [3.05, 3.63) is 27.5 Å². The largest absolute Gasteiger partial charge is 0.481 e. The summed E-state index contributed by atoms with van der Waals surface area (Å²) < 4.78 is 6.34. The van der Waals surface area contributed by atoms with Crippen LogP contribution in [-0.4, -0.2) is 32.7 Å². The van der Waals surface area contributed by atoms with E-state index in [2.05, 4.69) is 15.9 Å². The number of thiocarbonyl (C=S) groups is 1. The molecule has 0 bridgehead atoms. The van der Waals surface area contributed by atoms with E-state index in [0.717, 1.165) is 0 Å². The zero-order chi connectivity index (χ0) is 14.7. The second-order valence-electron chi connectivity index (χ2n) is 3.97. The fraction of sp³-hybridized carbons (Fsp3) is 0.250. The van der Waals surface area contributed by atoms with Crippen molar-refractivity contribution >= 4 is 62.2 Å². The Balaban J connectivity index is 2.04. The van der Waals surface area contributed by atoms with Crippen molar-refractivity contribution in [1.82, 2.24) is 4.90 Å². The fourth-order valence-electron chi connectivity index (χ4n) is 1.62. The van der Waals surface area contributed by atoms with E-state index in [4.69, 9.17) is 21.7 Å². The highest BCUT2D eigenvalue weighted by Gasteiger charge is 2.31. The molecule has 8 heteroatoms. The Kier molecular flexibility index (Phi) is 5.00. The Bertz CT molecular complexity index is 596. The predicted octanol–water partition coefficient (Wildman–Crippen LogP) is 3.11. The maximum atomic E-state index is 12.2. The highest BCUT2D eigenvalue weighted by molar-refractivity contribution is 9.10. The summed E-state index contributed by atoms with van der Waals surface area (Å²) in [5, 5.41) is 8.60. The molecule has 0 atom stereocenters. The molecular weight excluding hydrogens is 366 g/mol. The summed E-state index contributed by atoms with van der Waals surface area (Å²) in [5.41, 5.74) is 0. The molecule has 2 rings (SSSR count). The molecule has 0 aliphatic carbocycles. The molecule has 0 aromatic carbocycles. The maximum absolute atomic E-state index is 12.2. The smallest absolute Gasteiger partial charge is 0.303 e. The van der Waals surface area contributed by atoms with Crippen LogP contribution in [0.25, 0.3) is 6.08 Å². The number of hydrogen-bond donors (Lipinski definition) is 1. The molecule has 0 spiro atoms. The Labute approximate surface area is 133 Å². The molecule has 5 nitrogen and oxygen atoms in total. The number of carbonyl (C=O) groups is 2. The molecule has 2 heterocycles. The molecule has 1 N–H and O–H groups in total. The van der Waals surface area contributed by atoms with Gasteiger partial charge in [-0.3, -0.25) is 14.5 Å². The van der Waals surface area contributed by atoms with Gasteiger partial charge in [0.15, 0.2) is 4.67 Å². The van der Waals surface area contributed by atoms with Crippen LogP contribution >= 0.6 is 39.9 Å². The van der Waals surface area contributed by atoms with Crippen molar-refractivity contribution in [3.63, 3.8) is 0 Å². The third-order valence-electron chi connectivity index (χ3n) is 2.51. The molecule has 1 saturated heterocycles. The van der Waals surface area contributed by atoms with Crippen molar-refractivity contribution in [1.29, 1.82) is 0 Å². The number of carbonyl (C=O) groups excluding carboxylic acids is 1. The summed E-state index contributed by atoms with van der Waals surface area (Å²) in [6.07, 6.45) is 2.02. The van der Waals surface area contributed by atoms with Gasteiger partial charge >= 0.3 is 5.97 Å². The number of carboxylic acids is 1. The Morgan fingerprint density at radius 3 is 2.90 bits per heavy atom. The lowest BCUT2D eigenvalue weighted by atomic mass is 10.3. The van der Waals surface area contributed by atoms with Gasteiger partial charge in [0.25, 0.3) is 5.91 Å². The number of thioether (sulfide) groups is 1. The van der Waals surface area contributed by atoms with Crippen molar-refractivity contribution in [2.24, 2.45) is 0 Å². The van der Waals surface area contributed by atoms with Gasteiger partial charge in [-0.15, -0.1) is 0 Å². The Hall–Kier alpha value is -1.12. The predicted molar refractivity (Wildman–Crippen MR) is 83.2 cm³/mol. The van der Waals surface area contributed by atoms with Gasteiger partial charge in [0.2, 0.25) is 0 Å². The number of aliphatic carboxylic acids is 1. The van der Waals surface area contributed by atoms with Crippen molar-refractivity contribution in [3.8, 4) is 0 Å². The highest BCUT2D eigenvalue weighted by Crippen LogP contribution is 2.33. The standard InChI is InChI=1S/C12H10BrNO4S2/c13-9-4-3-7(18-9)6-8-11(17)14(12(19)20-8)5-1-2-10(15)16/h3-4,6H,1-2,5H2,(H,15,16)/b8-6-. The first-order valence-corrected chi connectivity index (χ1v) is 7.71. The van der Waals surface area contributed by atoms with Crippen LogP contribution in [0, 0.1) is 0 Å². The molecule has 106 valence electrons. The second kappa shape index (κ2) is 6.55. The van der Waals surface area contributed by atoms with Crippen LogP contribution in [-0.2, 0) is 9.59 Å². The summed E-state index contributed by atoms with van der Waals surface area (Å²) in [6, 6.07) is 3.47. The van der Waals surface area contributed by atoms with Gasteiger partial charge in [0, 0.05) is 19.0 Å². The van der Waals surface area contributed by atoms with Crippen molar-refractivity contribution in [2.45, 2.75) is 12.8 Å². The lowest BCUT2D eigenvalue weighted by Gasteiger charge is -2.12. The summed E-state index contributed by atoms with van der Waals surface area (Å²) in [6.45, 7) is 0.316. The average molecular weight is 376 g/mol. The number of hydrogen-bond acceptors (Lipinski definition) is 5. The third kappa shape index (κ3) is 3.71. The van der Waals surface area contributed by atoms with Gasteiger partial charge in [-0.2, -0.15) is 0 Å². The molecule has 0 saturated carbocycles. The minimum Gasteiger partial charge on any atom is -0.481 e. The summed E-state index contributed by atoms with van der Waals surface area (Å²) in [5.74, 6) is -0.535. The summed E-state index contributed by atoms with van der Waals surface area (Å²) in [4.78, 5) is 24.5. The number of carboxylic acid groups (broad SMARTS) is 1. The van der Waals surface area contributed by atoms with Crippen LogP contribution in [0.5, 0.6) is 0 Å². The van der Waals surface area contributed by atoms with Gasteiger partial charge in [0.05, 0.1) is 4.91 Å². The highest BCUT2D eigenvalue weighted by atomic mass is 79.9. The van der Waals surface area contributed by atoms with Crippen LogP contribution in [0.1, 0.15) is 18.6 Å². The van der Waals surface area contributed by atoms with Crippen LogP contribution in [0.3, 0.4) is 0 Å². The lowest BCUT2D eigenvalue weighted by molar-refractivity contribution is -0.137. The average Bonchev–Trinajstić information content (AvgIpc) is 2.88. The molecule has 1 aromatic rings. The zero-order valence-electron chi connectivity index (χ0n) is 10.2. The maximum Gasteiger partial charge on any atom is 0.303 e. The molecule has 1 aliphatic rings. The van der Waals surface area contributed by atoms with E-state index in [0.29, 0.717) is 32.6 Å². The fourth-order valence-corrected chi connectivity index (χ4v) is 3.22. The van der Waals surface area contributed by atoms with Gasteiger partial charge in [-0.25, -0.2) is 0 Å². The van der Waals surface area contributed by atoms with E-state index < -0.39 is 5.97 Å². The van der Waals surface area contributed by atoms with Crippen molar-refractivity contribution < 1.29 is 19.1 Å².